The molecule has 0 radical (unpaired) electrons. The van der Waals surface area contributed by atoms with E-state index in [4.69, 9.17) is 28.9 Å². The van der Waals surface area contributed by atoms with Crippen molar-refractivity contribution in [3.63, 3.8) is 0 Å². The third-order valence-corrected chi connectivity index (χ3v) is 3.55. The molecular weight excluding hydrogens is 287 g/mol. The lowest BCUT2D eigenvalue weighted by Gasteiger charge is -1.95. The molecule has 2 rings (SSSR count). The Morgan fingerprint density at radius 2 is 1.83 bits per heavy atom. The molecule has 0 unspecified atom stereocenters. The van der Waals surface area contributed by atoms with Crippen LogP contribution in [-0.2, 0) is 0 Å². The molecule has 18 heavy (non-hydrogen) atoms. The molecule has 92 valence electrons. The van der Waals surface area contributed by atoms with Gasteiger partial charge in [0.1, 0.15) is 5.84 Å². The molecule has 0 aliphatic carbocycles. The van der Waals surface area contributed by atoms with E-state index in [9.17, 15) is 0 Å². The van der Waals surface area contributed by atoms with Crippen LogP contribution in [-0.4, -0.2) is 5.84 Å². The van der Waals surface area contributed by atoms with Crippen LogP contribution in [0.15, 0.2) is 47.5 Å². The van der Waals surface area contributed by atoms with Gasteiger partial charge in [0.15, 0.2) is 0 Å². The van der Waals surface area contributed by atoms with E-state index in [0.717, 1.165) is 14.9 Å². The van der Waals surface area contributed by atoms with Gasteiger partial charge in [-0.15, -0.1) is 11.3 Å². The molecule has 0 spiro atoms. The smallest absolute Gasteiger partial charge is 0.124 e. The van der Waals surface area contributed by atoms with E-state index in [0.29, 0.717) is 10.9 Å². The van der Waals surface area contributed by atoms with Gasteiger partial charge >= 0.3 is 0 Å². The minimum Gasteiger partial charge on any atom is -0.384 e. The summed E-state index contributed by atoms with van der Waals surface area (Å²) < 4.78 is 0.753. The Balaban J connectivity index is 2.09. The first-order chi connectivity index (χ1) is 8.63. The lowest BCUT2D eigenvalue weighted by atomic mass is 10.3. The van der Waals surface area contributed by atoms with Gasteiger partial charge in [-0.1, -0.05) is 23.2 Å². The summed E-state index contributed by atoms with van der Waals surface area (Å²) in [6, 6.07) is 10.9. The largest absolute Gasteiger partial charge is 0.384 e. The molecule has 0 fully saturated rings. The molecule has 1 aromatic heterocycles. The predicted molar refractivity (Wildman–Crippen MR) is 81.1 cm³/mol. The van der Waals surface area contributed by atoms with Crippen LogP contribution in [0.3, 0.4) is 0 Å². The second-order valence-corrected chi connectivity index (χ2v) is 5.67. The first kappa shape index (κ1) is 13.1. The molecule has 1 aromatic carbocycles. The second kappa shape index (κ2) is 6.05. The zero-order valence-corrected chi connectivity index (χ0v) is 11.6. The number of amidine groups is 1. The highest BCUT2D eigenvalue weighted by Crippen LogP contribution is 2.22. The highest BCUT2D eigenvalue weighted by atomic mass is 35.5. The van der Waals surface area contributed by atoms with Gasteiger partial charge in [-0.2, -0.15) is 0 Å². The summed E-state index contributed by atoms with van der Waals surface area (Å²) in [7, 11) is 0. The van der Waals surface area contributed by atoms with E-state index < -0.39 is 0 Å². The maximum Gasteiger partial charge on any atom is 0.124 e. The molecule has 1 heterocycles. The topological polar surface area (TPSA) is 38.4 Å². The zero-order chi connectivity index (χ0) is 13.0. The van der Waals surface area contributed by atoms with Crippen LogP contribution in [0.25, 0.3) is 6.08 Å². The maximum absolute atomic E-state index is 5.83. The summed E-state index contributed by atoms with van der Waals surface area (Å²) >= 11 is 13.1. The minimum atomic E-state index is 0.432. The van der Waals surface area contributed by atoms with Gasteiger partial charge in [0.25, 0.3) is 0 Å². The average Bonchev–Trinajstić information content (AvgIpc) is 2.76. The molecule has 0 bridgehead atoms. The van der Waals surface area contributed by atoms with Gasteiger partial charge in [-0.3, -0.25) is 0 Å². The molecule has 0 amide bonds. The van der Waals surface area contributed by atoms with E-state index in [-0.39, 0.29) is 0 Å². The van der Waals surface area contributed by atoms with Crippen molar-refractivity contribution in [2.75, 3.05) is 0 Å². The molecule has 0 saturated carbocycles. The fourth-order valence-electron chi connectivity index (χ4n) is 1.29. The van der Waals surface area contributed by atoms with Crippen LogP contribution in [0, 0.1) is 0 Å². The lowest BCUT2D eigenvalue weighted by Crippen LogP contribution is -2.06. The van der Waals surface area contributed by atoms with E-state index in [1.165, 1.54) is 11.3 Å². The van der Waals surface area contributed by atoms with Gasteiger partial charge in [-0.05, 0) is 48.6 Å². The van der Waals surface area contributed by atoms with Crippen molar-refractivity contribution in [2.45, 2.75) is 0 Å². The van der Waals surface area contributed by atoms with Crippen molar-refractivity contribution < 1.29 is 0 Å². The normalized spacial score (nSPS) is 12.2. The number of benzene rings is 1. The Hall–Kier alpha value is -1.29. The van der Waals surface area contributed by atoms with Crippen molar-refractivity contribution in [3.8, 4) is 0 Å². The molecule has 0 saturated heterocycles. The summed E-state index contributed by atoms with van der Waals surface area (Å²) in [6.45, 7) is 0. The summed E-state index contributed by atoms with van der Waals surface area (Å²) in [5.74, 6) is 0.432. The molecule has 2 N–H and O–H groups in total. The second-order valence-electron chi connectivity index (χ2n) is 3.49. The number of nitrogens with two attached hydrogens (primary N) is 1. The van der Waals surface area contributed by atoms with Crippen LogP contribution >= 0.6 is 34.5 Å². The quantitative estimate of drug-likeness (QED) is 0.644. The number of thiophene rings is 1. The summed E-state index contributed by atoms with van der Waals surface area (Å²) in [5, 5.41) is 0.677. The standard InChI is InChI=1S/C13H10Cl2N2S/c14-9-1-3-10(4-2-9)17-13(16)8-6-11-5-7-12(15)18-11/h1-8H,(H2,16,17). The Kier molecular flexibility index (Phi) is 4.42. The first-order valence-electron chi connectivity index (χ1n) is 5.16. The van der Waals surface area contributed by atoms with Crippen molar-refractivity contribution in [2.24, 2.45) is 10.7 Å². The monoisotopic (exact) mass is 296 g/mol. The van der Waals surface area contributed by atoms with E-state index in [2.05, 4.69) is 4.99 Å². The number of halogens is 2. The Morgan fingerprint density at radius 1 is 1.11 bits per heavy atom. The highest BCUT2D eigenvalue weighted by molar-refractivity contribution is 7.17. The zero-order valence-electron chi connectivity index (χ0n) is 9.31. The van der Waals surface area contributed by atoms with Gasteiger partial charge in [0.2, 0.25) is 0 Å². The SMILES string of the molecule is NC(C=Cc1ccc(Cl)s1)=Nc1ccc(Cl)cc1. The van der Waals surface area contributed by atoms with Crippen LogP contribution in [0.2, 0.25) is 9.36 Å². The van der Waals surface area contributed by atoms with Crippen molar-refractivity contribution in [1.29, 1.82) is 0 Å². The van der Waals surface area contributed by atoms with E-state index in [1.807, 2.05) is 30.3 Å². The first-order valence-corrected chi connectivity index (χ1v) is 6.74. The highest BCUT2D eigenvalue weighted by Gasteiger charge is 1.94. The fraction of sp³-hybridized carbons (Fsp3) is 0. The van der Waals surface area contributed by atoms with E-state index >= 15 is 0 Å². The van der Waals surface area contributed by atoms with Gasteiger partial charge in [-0.25, -0.2) is 4.99 Å². The van der Waals surface area contributed by atoms with Gasteiger partial charge in [0, 0.05) is 9.90 Å². The lowest BCUT2D eigenvalue weighted by molar-refractivity contribution is 1.48. The number of aliphatic imine (C=N–C) groups is 1. The summed E-state index contributed by atoms with van der Waals surface area (Å²) in [4.78, 5) is 5.28. The molecule has 0 aliphatic rings. The summed E-state index contributed by atoms with van der Waals surface area (Å²) in [6.07, 6.45) is 3.63. The average molecular weight is 297 g/mol. The number of nitrogens with zero attached hydrogens (tertiary/aromatic N) is 1. The predicted octanol–water partition coefficient (Wildman–Crippen LogP) is 4.76. The third kappa shape index (κ3) is 3.88. The van der Waals surface area contributed by atoms with Crippen LogP contribution in [0.5, 0.6) is 0 Å². The third-order valence-electron chi connectivity index (χ3n) is 2.10. The molecule has 0 atom stereocenters. The molecule has 0 aliphatic heterocycles. The number of hydrogen-bond acceptors (Lipinski definition) is 2. The van der Waals surface area contributed by atoms with E-state index in [1.54, 1.807) is 18.2 Å². The molecule has 5 heteroatoms. The Morgan fingerprint density at radius 3 is 2.44 bits per heavy atom. The Labute approximate surface area is 119 Å². The van der Waals surface area contributed by atoms with Gasteiger partial charge in [0.05, 0.1) is 10.0 Å². The maximum atomic E-state index is 5.83. The summed E-state index contributed by atoms with van der Waals surface area (Å²) in [5.41, 5.74) is 6.57. The fourth-order valence-corrected chi connectivity index (χ4v) is 2.38. The molecule has 2 aromatic rings. The molecular formula is C13H10Cl2N2S. The number of hydrogen-bond donors (Lipinski definition) is 1. The Bertz CT molecular complexity index is 585. The van der Waals surface area contributed by atoms with Crippen LogP contribution in [0.4, 0.5) is 5.69 Å². The minimum absolute atomic E-state index is 0.432. The van der Waals surface area contributed by atoms with Gasteiger partial charge < -0.3 is 5.73 Å². The van der Waals surface area contributed by atoms with Crippen LogP contribution in [0.1, 0.15) is 4.88 Å². The van der Waals surface area contributed by atoms with Crippen molar-refractivity contribution in [3.05, 3.63) is 56.7 Å². The van der Waals surface area contributed by atoms with Crippen molar-refractivity contribution >= 4 is 52.1 Å². The van der Waals surface area contributed by atoms with Crippen molar-refractivity contribution in [1.82, 2.24) is 0 Å². The van der Waals surface area contributed by atoms with Crippen LogP contribution < -0.4 is 5.73 Å². The number of rotatable bonds is 3. The molecule has 2 nitrogen and oxygen atoms in total.